The molecule has 0 saturated carbocycles. The Hall–Kier alpha value is -3.25. The van der Waals surface area contributed by atoms with Crippen molar-refractivity contribution in [3.05, 3.63) is 90.1 Å². The molecule has 0 saturated heterocycles. The van der Waals surface area contributed by atoms with E-state index in [1.165, 1.54) is 11.8 Å². The van der Waals surface area contributed by atoms with Crippen molar-refractivity contribution in [1.29, 1.82) is 0 Å². The second-order valence-electron chi connectivity index (χ2n) is 8.67. The van der Waals surface area contributed by atoms with Gasteiger partial charge in [0.15, 0.2) is 0 Å². The van der Waals surface area contributed by atoms with Crippen LogP contribution in [-0.2, 0) is 15.4 Å². The Labute approximate surface area is 183 Å². The van der Waals surface area contributed by atoms with Gasteiger partial charge in [-0.1, -0.05) is 92.2 Å². The first-order chi connectivity index (χ1) is 14.7. The molecule has 0 fully saturated rings. The second kappa shape index (κ2) is 7.78. The third-order valence-electron chi connectivity index (χ3n) is 5.30. The van der Waals surface area contributed by atoms with E-state index in [0.29, 0.717) is 5.69 Å². The Morgan fingerprint density at radius 2 is 1.42 bits per heavy atom. The molecule has 158 valence electrons. The summed E-state index contributed by atoms with van der Waals surface area (Å²) in [6, 6.07) is 22.9. The lowest BCUT2D eigenvalue weighted by Gasteiger charge is -2.19. The summed E-state index contributed by atoms with van der Waals surface area (Å²) in [5, 5.41) is 8.10. The lowest BCUT2D eigenvalue weighted by molar-refractivity contribution is 0.577. The molecule has 4 aromatic rings. The van der Waals surface area contributed by atoms with Crippen LogP contribution in [0.1, 0.15) is 31.9 Å². The summed E-state index contributed by atoms with van der Waals surface area (Å²) >= 11 is 0. The molecule has 4 rings (SSSR count). The fraction of sp³-hybridized carbons (Fsp3) is 0.200. The summed E-state index contributed by atoms with van der Waals surface area (Å²) in [5.41, 5.74) is 5.67. The van der Waals surface area contributed by atoms with Crippen LogP contribution in [0, 0.1) is 6.92 Å². The van der Waals surface area contributed by atoms with Gasteiger partial charge >= 0.3 is 0 Å². The van der Waals surface area contributed by atoms with Crippen molar-refractivity contribution in [2.75, 3.05) is 0 Å². The average molecular weight is 432 g/mol. The first-order valence-electron chi connectivity index (χ1n) is 10.1. The molecular weight excluding hydrogens is 406 g/mol. The van der Waals surface area contributed by atoms with Crippen LogP contribution in [0.25, 0.3) is 22.4 Å². The Kier molecular flexibility index (Phi) is 5.27. The van der Waals surface area contributed by atoms with E-state index in [4.69, 9.17) is 0 Å². The SMILES string of the molecule is Cc1ccc(S(=O)(=O)n2cc(-c3ccccc3-c3ccc(C(C)(C)C)cc3)nn2)cc1. The quantitative estimate of drug-likeness (QED) is 0.431. The molecule has 5 nitrogen and oxygen atoms in total. The van der Waals surface area contributed by atoms with Gasteiger partial charge in [0.1, 0.15) is 5.69 Å². The number of hydrogen-bond donors (Lipinski definition) is 0. The van der Waals surface area contributed by atoms with E-state index in [1.54, 1.807) is 24.3 Å². The van der Waals surface area contributed by atoms with Gasteiger partial charge in [-0.3, -0.25) is 0 Å². The molecule has 0 amide bonds. The van der Waals surface area contributed by atoms with Crippen LogP contribution in [0.2, 0.25) is 0 Å². The van der Waals surface area contributed by atoms with Crippen LogP contribution in [-0.4, -0.2) is 22.8 Å². The monoisotopic (exact) mass is 431 g/mol. The molecule has 3 aromatic carbocycles. The summed E-state index contributed by atoms with van der Waals surface area (Å²) in [4.78, 5) is 0.181. The first kappa shape index (κ1) is 21.0. The van der Waals surface area contributed by atoms with E-state index in [0.717, 1.165) is 26.3 Å². The standard InChI is InChI=1S/C25H25N3O2S/c1-18-9-15-21(16-10-18)31(29,30)28-17-24(26-27-28)23-8-6-5-7-22(23)19-11-13-20(14-12-19)25(2,3)4/h5-17H,1-4H3. The molecule has 0 unspecified atom stereocenters. The van der Waals surface area contributed by atoms with E-state index < -0.39 is 10.0 Å². The molecule has 0 spiro atoms. The van der Waals surface area contributed by atoms with E-state index in [2.05, 4.69) is 55.3 Å². The van der Waals surface area contributed by atoms with Crippen LogP contribution in [0.15, 0.2) is 83.9 Å². The Morgan fingerprint density at radius 3 is 2.03 bits per heavy atom. The fourth-order valence-electron chi connectivity index (χ4n) is 3.42. The van der Waals surface area contributed by atoms with Crippen molar-refractivity contribution >= 4 is 10.0 Å². The Morgan fingerprint density at radius 1 is 0.806 bits per heavy atom. The molecule has 0 aliphatic rings. The van der Waals surface area contributed by atoms with Gasteiger partial charge in [0.05, 0.1) is 11.1 Å². The van der Waals surface area contributed by atoms with Crippen molar-refractivity contribution in [3.63, 3.8) is 0 Å². The highest BCUT2D eigenvalue weighted by molar-refractivity contribution is 7.89. The van der Waals surface area contributed by atoms with Crippen molar-refractivity contribution < 1.29 is 8.42 Å². The molecule has 31 heavy (non-hydrogen) atoms. The number of benzene rings is 3. The van der Waals surface area contributed by atoms with E-state index in [1.807, 2.05) is 31.2 Å². The Bertz CT molecular complexity index is 1310. The van der Waals surface area contributed by atoms with Gasteiger partial charge in [-0.25, -0.2) is 0 Å². The van der Waals surface area contributed by atoms with Crippen molar-refractivity contribution in [3.8, 4) is 22.4 Å². The number of aryl methyl sites for hydroxylation is 1. The van der Waals surface area contributed by atoms with Gasteiger partial charge in [0.25, 0.3) is 10.0 Å². The van der Waals surface area contributed by atoms with Gasteiger partial charge in [-0.15, -0.1) is 9.19 Å². The van der Waals surface area contributed by atoms with E-state index in [9.17, 15) is 8.42 Å². The minimum atomic E-state index is -3.80. The van der Waals surface area contributed by atoms with Gasteiger partial charge in [-0.2, -0.15) is 8.42 Å². The molecule has 6 heteroatoms. The molecule has 0 atom stereocenters. The number of rotatable bonds is 4. The summed E-state index contributed by atoms with van der Waals surface area (Å²) in [7, 11) is -3.80. The van der Waals surface area contributed by atoms with Gasteiger partial charge < -0.3 is 0 Å². The number of aromatic nitrogens is 3. The highest BCUT2D eigenvalue weighted by atomic mass is 32.2. The molecule has 1 aromatic heterocycles. The highest BCUT2D eigenvalue weighted by Crippen LogP contribution is 2.32. The lowest BCUT2D eigenvalue weighted by atomic mass is 9.86. The third-order valence-corrected chi connectivity index (χ3v) is 6.84. The summed E-state index contributed by atoms with van der Waals surface area (Å²) < 4.78 is 26.8. The zero-order chi connectivity index (χ0) is 22.2. The van der Waals surface area contributed by atoms with E-state index in [-0.39, 0.29) is 10.3 Å². The molecular formula is C25H25N3O2S. The van der Waals surface area contributed by atoms with Crippen LogP contribution < -0.4 is 0 Å². The predicted octanol–water partition coefficient (Wildman–Crippen LogP) is 5.46. The minimum Gasteiger partial charge on any atom is -0.199 e. The molecule has 1 heterocycles. The van der Waals surface area contributed by atoms with Gasteiger partial charge in [0.2, 0.25) is 0 Å². The maximum atomic E-state index is 12.9. The lowest BCUT2D eigenvalue weighted by Crippen LogP contribution is -2.13. The second-order valence-corrected chi connectivity index (χ2v) is 10.5. The molecule has 0 N–H and O–H groups in total. The van der Waals surface area contributed by atoms with Crippen LogP contribution >= 0.6 is 0 Å². The Balaban J connectivity index is 1.73. The maximum Gasteiger partial charge on any atom is 0.284 e. The highest BCUT2D eigenvalue weighted by Gasteiger charge is 2.20. The topological polar surface area (TPSA) is 64.8 Å². The first-order valence-corrected chi connectivity index (χ1v) is 11.6. The molecule has 0 bridgehead atoms. The normalized spacial score (nSPS) is 12.1. The third kappa shape index (κ3) is 4.16. The summed E-state index contributed by atoms with van der Waals surface area (Å²) in [6.45, 7) is 8.46. The number of nitrogens with zero attached hydrogens (tertiary/aromatic N) is 3. The van der Waals surface area contributed by atoms with Crippen LogP contribution in [0.3, 0.4) is 0 Å². The largest absolute Gasteiger partial charge is 0.284 e. The summed E-state index contributed by atoms with van der Waals surface area (Å²) in [6.07, 6.45) is 1.47. The smallest absolute Gasteiger partial charge is 0.199 e. The van der Waals surface area contributed by atoms with Gasteiger partial charge in [-0.05, 0) is 41.2 Å². The molecule has 0 aliphatic heterocycles. The predicted molar refractivity (Wildman–Crippen MR) is 123 cm³/mol. The molecule has 0 radical (unpaired) electrons. The van der Waals surface area contributed by atoms with Crippen LogP contribution in [0.4, 0.5) is 0 Å². The van der Waals surface area contributed by atoms with E-state index >= 15 is 0 Å². The van der Waals surface area contributed by atoms with Crippen molar-refractivity contribution in [2.24, 2.45) is 0 Å². The zero-order valence-electron chi connectivity index (χ0n) is 18.1. The van der Waals surface area contributed by atoms with Crippen LogP contribution in [0.5, 0.6) is 0 Å². The fourth-order valence-corrected chi connectivity index (χ4v) is 4.48. The number of hydrogen-bond acceptors (Lipinski definition) is 4. The molecule has 0 aliphatic carbocycles. The maximum absolute atomic E-state index is 12.9. The zero-order valence-corrected chi connectivity index (χ0v) is 18.9. The minimum absolute atomic E-state index is 0.0745. The average Bonchev–Trinajstić information content (AvgIpc) is 3.25. The summed E-state index contributed by atoms with van der Waals surface area (Å²) in [5.74, 6) is 0. The van der Waals surface area contributed by atoms with Crippen molar-refractivity contribution in [1.82, 2.24) is 14.4 Å². The van der Waals surface area contributed by atoms with Gasteiger partial charge in [0, 0.05) is 5.56 Å². The van der Waals surface area contributed by atoms with Crippen molar-refractivity contribution in [2.45, 2.75) is 38.0 Å².